The molecule has 1 saturated carbocycles. The van der Waals surface area contributed by atoms with Crippen LogP contribution in [0, 0.1) is 12.3 Å². The minimum atomic E-state index is -3.93. The molecule has 26 heavy (non-hydrogen) atoms. The van der Waals surface area contributed by atoms with Gasteiger partial charge in [0.2, 0.25) is 0 Å². The van der Waals surface area contributed by atoms with Crippen LogP contribution in [-0.2, 0) is 14.6 Å². The number of carboxylic acids is 1. The number of hydrogen-bond acceptors (Lipinski definition) is 5. The fourth-order valence-electron chi connectivity index (χ4n) is 3.53. The summed E-state index contributed by atoms with van der Waals surface area (Å²) in [5.74, 6) is -1.57. The molecule has 0 bridgehead atoms. The van der Waals surface area contributed by atoms with Crippen LogP contribution in [0.5, 0.6) is 5.75 Å². The number of sulfone groups is 1. The fourth-order valence-corrected chi connectivity index (χ4v) is 5.89. The SMILES string of the molecule is COc1ccc([C@@H]2[C@@H](S(=O)(=O)c3ccc(C)cc3)[C@@]2(CO)C(=O)O)cc1. The zero-order chi connectivity index (χ0) is 19.1. The molecule has 2 aromatic rings. The highest BCUT2D eigenvalue weighted by molar-refractivity contribution is 7.92. The van der Waals surface area contributed by atoms with Gasteiger partial charge in [0.25, 0.3) is 0 Å². The van der Waals surface area contributed by atoms with Gasteiger partial charge in [0, 0.05) is 5.92 Å². The number of carbonyl (C=O) groups is 1. The summed E-state index contributed by atoms with van der Waals surface area (Å²) in [7, 11) is -2.43. The van der Waals surface area contributed by atoms with E-state index in [4.69, 9.17) is 4.74 Å². The van der Waals surface area contributed by atoms with Crippen LogP contribution in [0.4, 0.5) is 0 Å². The third-order valence-electron chi connectivity index (χ3n) is 5.07. The van der Waals surface area contributed by atoms with E-state index in [0.29, 0.717) is 11.3 Å². The first-order valence-corrected chi connectivity index (χ1v) is 9.62. The molecular weight excluding hydrogens is 356 g/mol. The average molecular weight is 376 g/mol. The summed E-state index contributed by atoms with van der Waals surface area (Å²) in [5, 5.41) is 18.3. The van der Waals surface area contributed by atoms with Crippen LogP contribution in [0.15, 0.2) is 53.4 Å². The maximum absolute atomic E-state index is 13.1. The van der Waals surface area contributed by atoms with E-state index in [0.717, 1.165) is 5.56 Å². The van der Waals surface area contributed by atoms with Gasteiger partial charge in [-0.1, -0.05) is 29.8 Å². The van der Waals surface area contributed by atoms with Crippen molar-refractivity contribution >= 4 is 15.8 Å². The fraction of sp³-hybridized carbons (Fsp3) is 0.316. The predicted molar refractivity (Wildman–Crippen MR) is 95.0 cm³/mol. The van der Waals surface area contributed by atoms with E-state index < -0.39 is 39.0 Å². The van der Waals surface area contributed by atoms with Crippen molar-refractivity contribution in [1.29, 1.82) is 0 Å². The maximum atomic E-state index is 13.1. The normalized spacial score (nSPS) is 24.9. The molecule has 1 fully saturated rings. The van der Waals surface area contributed by atoms with Gasteiger partial charge < -0.3 is 14.9 Å². The van der Waals surface area contributed by atoms with Crippen LogP contribution in [0.3, 0.4) is 0 Å². The molecule has 0 aliphatic heterocycles. The monoisotopic (exact) mass is 376 g/mol. The van der Waals surface area contributed by atoms with E-state index in [9.17, 15) is 23.4 Å². The largest absolute Gasteiger partial charge is 0.497 e. The number of benzene rings is 2. The zero-order valence-electron chi connectivity index (χ0n) is 14.4. The summed E-state index contributed by atoms with van der Waals surface area (Å²) in [4.78, 5) is 12.0. The molecule has 3 atom stereocenters. The maximum Gasteiger partial charge on any atom is 0.314 e. The van der Waals surface area contributed by atoms with E-state index in [1.54, 1.807) is 36.4 Å². The Morgan fingerprint density at radius 2 is 1.69 bits per heavy atom. The van der Waals surface area contributed by atoms with E-state index in [1.165, 1.54) is 19.2 Å². The lowest BCUT2D eigenvalue weighted by atomic mass is 10.00. The topological polar surface area (TPSA) is 101 Å². The van der Waals surface area contributed by atoms with Crippen molar-refractivity contribution in [2.24, 2.45) is 5.41 Å². The van der Waals surface area contributed by atoms with E-state index in [1.807, 2.05) is 6.92 Å². The van der Waals surface area contributed by atoms with Crippen molar-refractivity contribution in [2.75, 3.05) is 13.7 Å². The Morgan fingerprint density at radius 1 is 1.12 bits per heavy atom. The number of aliphatic hydroxyl groups excluding tert-OH is 1. The number of hydrogen-bond donors (Lipinski definition) is 2. The van der Waals surface area contributed by atoms with E-state index in [-0.39, 0.29) is 4.90 Å². The van der Waals surface area contributed by atoms with Gasteiger partial charge in [0.05, 0.1) is 23.9 Å². The average Bonchev–Trinajstić information content (AvgIpc) is 3.34. The van der Waals surface area contributed by atoms with Crippen molar-refractivity contribution in [1.82, 2.24) is 0 Å². The minimum Gasteiger partial charge on any atom is -0.497 e. The molecule has 0 spiro atoms. The summed E-state index contributed by atoms with van der Waals surface area (Å²) < 4.78 is 31.3. The Hall–Kier alpha value is -2.38. The quantitative estimate of drug-likeness (QED) is 0.800. The molecule has 0 unspecified atom stereocenters. The van der Waals surface area contributed by atoms with Crippen molar-refractivity contribution in [3.8, 4) is 5.75 Å². The van der Waals surface area contributed by atoms with Crippen LogP contribution >= 0.6 is 0 Å². The standard InChI is InChI=1S/C19H20O6S/c1-12-3-9-15(10-4-12)26(23,24)17-16(19(17,11-20)18(21)22)13-5-7-14(25-2)8-6-13/h3-10,16-17,20H,11H2,1-2H3,(H,21,22)/t16-,17-,19+/m1/s1. The number of methoxy groups -OCH3 is 1. The Morgan fingerprint density at radius 3 is 2.15 bits per heavy atom. The summed E-state index contributed by atoms with van der Waals surface area (Å²) >= 11 is 0. The highest BCUT2D eigenvalue weighted by Crippen LogP contribution is 2.64. The van der Waals surface area contributed by atoms with Crippen molar-refractivity contribution in [3.63, 3.8) is 0 Å². The van der Waals surface area contributed by atoms with Crippen LogP contribution in [0.1, 0.15) is 17.0 Å². The number of carboxylic acid groups (broad SMARTS) is 1. The summed E-state index contributed by atoms with van der Waals surface area (Å²) in [6, 6.07) is 12.8. The van der Waals surface area contributed by atoms with Crippen LogP contribution < -0.4 is 4.74 Å². The molecule has 1 aliphatic rings. The minimum absolute atomic E-state index is 0.0585. The van der Waals surface area contributed by atoms with E-state index in [2.05, 4.69) is 0 Å². The van der Waals surface area contributed by atoms with Crippen LogP contribution in [0.25, 0.3) is 0 Å². The molecule has 6 nitrogen and oxygen atoms in total. The Kier molecular flexibility index (Phi) is 4.54. The first-order chi connectivity index (χ1) is 12.3. The molecule has 0 aromatic heterocycles. The second kappa shape index (κ2) is 6.41. The third kappa shape index (κ3) is 2.68. The van der Waals surface area contributed by atoms with Crippen LogP contribution in [-0.4, -0.2) is 43.6 Å². The van der Waals surface area contributed by atoms with Gasteiger partial charge in [-0.2, -0.15) is 0 Å². The lowest BCUT2D eigenvalue weighted by molar-refractivity contribution is -0.145. The first-order valence-electron chi connectivity index (χ1n) is 8.08. The van der Waals surface area contributed by atoms with Gasteiger partial charge in [-0.25, -0.2) is 8.42 Å². The molecule has 7 heteroatoms. The third-order valence-corrected chi connectivity index (χ3v) is 7.37. The smallest absolute Gasteiger partial charge is 0.314 e. The molecule has 3 rings (SSSR count). The number of aryl methyl sites for hydroxylation is 1. The second-order valence-electron chi connectivity index (χ2n) is 6.53. The van der Waals surface area contributed by atoms with Gasteiger partial charge >= 0.3 is 5.97 Å². The molecule has 2 aromatic carbocycles. The van der Waals surface area contributed by atoms with Crippen LogP contribution in [0.2, 0.25) is 0 Å². The molecule has 0 amide bonds. The van der Waals surface area contributed by atoms with Gasteiger partial charge in [-0.05, 0) is 36.8 Å². The molecule has 1 aliphatic carbocycles. The lowest BCUT2D eigenvalue weighted by Crippen LogP contribution is -2.27. The van der Waals surface area contributed by atoms with Gasteiger partial charge in [-0.15, -0.1) is 0 Å². The van der Waals surface area contributed by atoms with Crippen molar-refractivity contribution in [3.05, 3.63) is 59.7 Å². The Bertz CT molecular complexity index is 918. The zero-order valence-corrected chi connectivity index (χ0v) is 15.2. The molecule has 0 saturated heterocycles. The number of aliphatic hydroxyl groups is 1. The molecular formula is C19H20O6S. The number of ether oxygens (including phenoxy) is 1. The van der Waals surface area contributed by atoms with Crippen molar-refractivity contribution in [2.45, 2.75) is 23.0 Å². The van der Waals surface area contributed by atoms with Gasteiger partial charge in [-0.3, -0.25) is 4.79 Å². The van der Waals surface area contributed by atoms with Gasteiger partial charge in [0.15, 0.2) is 9.84 Å². The first kappa shape index (κ1) is 18.4. The molecule has 138 valence electrons. The Labute approximate surface area is 152 Å². The summed E-state index contributed by atoms with van der Waals surface area (Å²) in [6.07, 6.45) is 0. The Balaban J connectivity index is 2.08. The van der Waals surface area contributed by atoms with E-state index >= 15 is 0 Å². The molecule has 0 heterocycles. The second-order valence-corrected chi connectivity index (χ2v) is 8.60. The molecule has 2 N–H and O–H groups in total. The summed E-state index contributed by atoms with van der Waals surface area (Å²) in [5.41, 5.74) is -0.306. The van der Waals surface area contributed by atoms with Gasteiger partial charge in [0.1, 0.15) is 11.2 Å². The summed E-state index contributed by atoms with van der Waals surface area (Å²) in [6.45, 7) is 1.08. The highest BCUT2D eigenvalue weighted by Gasteiger charge is 2.75. The lowest BCUT2D eigenvalue weighted by Gasteiger charge is -2.10. The predicted octanol–water partition coefficient (Wildman–Crippen LogP) is 2.01. The number of rotatable bonds is 6. The number of aliphatic carboxylic acids is 1. The van der Waals surface area contributed by atoms with Crippen molar-refractivity contribution < 1.29 is 28.2 Å². The molecule has 0 radical (unpaired) electrons. The highest BCUT2D eigenvalue weighted by atomic mass is 32.2.